The minimum atomic E-state index is -0.153. The van der Waals surface area contributed by atoms with E-state index in [9.17, 15) is 4.79 Å². The van der Waals surface area contributed by atoms with Crippen LogP contribution in [0, 0.1) is 0 Å². The van der Waals surface area contributed by atoms with Crippen molar-refractivity contribution in [1.82, 2.24) is 0 Å². The van der Waals surface area contributed by atoms with Crippen molar-refractivity contribution in [3.63, 3.8) is 0 Å². The molecule has 1 aliphatic heterocycles. The van der Waals surface area contributed by atoms with Gasteiger partial charge in [0.25, 0.3) is 0 Å². The summed E-state index contributed by atoms with van der Waals surface area (Å²) in [6, 6.07) is 7.94. The lowest BCUT2D eigenvalue weighted by molar-refractivity contribution is -0.129. The number of ketones is 1. The van der Waals surface area contributed by atoms with Crippen molar-refractivity contribution in [3.8, 4) is 0 Å². The normalized spacial score (nSPS) is 24.4. The van der Waals surface area contributed by atoms with E-state index in [2.05, 4.69) is 22.5 Å². The third kappa shape index (κ3) is 3.40. The summed E-state index contributed by atoms with van der Waals surface area (Å²) < 4.78 is 6.76. The Morgan fingerprint density at radius 1 is 1.28 bits per heavy atom. The number of carbonyl (C=O) groups is 1. The molecule has 1 heterocycles. The highest BCUT2D eigenvalue weighted by Gasteiger charge is 2.24. The number of rotatable bonds is 3. The molecule has 0 saturated carbocycles. The number of halogens is 1. The van der Waals surface area contributed by atoms with Crippen LogP contribution < -0.4 is 0 Å². The van der Waals surface area contributed by atoms with Crippen LogP contribution in [0.15, 0.2) is 47.5 Å². The fourth-order valence-electron chi connectivity index (χ4n) is 1.93. The van der Waals surface area contributed by atoms with Crippen molar-refractivity contribution in [1.29, 1.82) is 0 Å². The van der Waals surface area contributed by atoms with E-state index >= 15 is 0 Å². The van der Waals surface area contributed by atoms with Gasteiger partial charge in [0, 0.05) is 17.3 Å². The largest absolute Gasteiger partial charge is 0.366 e. The van der Waals surface area contributed by atoms with Gasteiger partial charge in [-0.25, -0.2) is 0 Å². The summed E-state index contributed by atoms with van der Waals surface area (Å²) in [4.78, 5) is 11.6. The molecule has 0 bridgehead atoms. The van der Waals surface area contributed by atoms with Gasteiger partial charge in [0.15, 0.2) is 0 Å². The van der Waals surface area contributed by atoms with Crippen molar-refractivity contribution in [2.45, 2.75) is 25.0 Å². The van der Waals surface area contributed by atoms with Crippen molar-refractivity contribution in [2.24, 2.45) is 0 Å². The Morgan fingerprint density at radius 3 is 2.72 bits per heavy atom. The monoisotopic (exact) mass is 306 g/mol. The lowest BCUT2D eigenvalue weighted by atomic mass is 10.0. The second-order valence-corrected chi connectivity index (χ2v) is 5.13. The molecule has 3 heteroatoms. The second-order valence-electron chi connectivity index (χ2n) is 4.28. The zero-order valence-electron chi connectivity index (χ0n) is 10.0. The van der Waals surface area contributed by atoms with Crippen LogP contribution in [0.3, 0.4) is 0 Å². The molecule has 2 nitrogen and oxygen atoms in total. The smallest absolute Gasteiger partial charge is 0.138 e. The number of Topliss-reactive ketones (excluding diaryl/α,β-unsaturated/α-hetero) is 1. The third-order valence-corrected chi connectivity index (χ3v) is 3.59. The van der Waals surface area contributed by atoms with E-state index in [1.165, 1.54) is 0 Å². The van der Waals surface area contributed by atoms with Gasteiger partial charge in [-0.05, 0) is 11.6 Å². The molecule has 18 heavy (non-hydrogen) atoms. The Bertz CT molecular complexity index is 479. The summed E-state index contributed by atoms with van der Waals surface area (Å²) in [5, 5.41) is 0. The second kappa shape index (κ2) is 6.12. The van der Waals surface area contributed by atoms with Gasteiger partial charge in [-0.2, -0.15) is 0 Å². The van der Waals surface area contributed by atoms with Gasteiger partial charge in [-0.3, -0.25) is 4.79 Å². The fourth-order valence-corrected chi connectivity index (χ4v) is 2.34. The van der Waals surface area contributed by atoms with Crippen LogP contribution in [0.25, 0.3) is 6.08 Å². The molecular formula is C15H15BrO2. The van der Waals surface area contributed by atoms with Gasteiger partial charge in [-0.1, -0.05) is 52.4 Å². The van der Waals surface area contributed by atoms with Crippen LogP contribution >= 0.6 is 15.9 Å². The van der Waals surface area contributed by atoms with Gasteiger partial charge in [0.1, 0.15) is 5.78 Å². The molecule has 1 fully saturated rings. The summed E-state index contributed by atoms with van der Waals surface area (Å²) in [5.74, 6) is 0.230. The standard InChI is InChI=1S/C15H15BrO2/c1-2-13-9-12(17)10-14(18-13)8-7-11-5-3-4-6-15(11)16/h2-8,13-14H,1,9-10H2/b8-7+/t13-,14+/m0/s1. The lowest BCUT2D eigenvalue weighted by Crippen LogP contribution is -2.30. The summed E-state index contributed by atoms with van der Waals surface area (Å²) >= 11 is 3.48. The molecule has 1 aliphatic rings. The molecule has 1 aromatic rings. The highest BCUT2D eigenvalue weighted by atomic mass is 79.9. The highest BCUT2D eigenvalue weighted by Crippen LogP contribution is 2.21. The molecule has 0 unspecified atom stereocenters. The summed E-state index contributed by atoms with van der Waals surface area (Å²) in [6.45, 7) is 3.68. The molecule has 0 amide bonds. The molecule has 1 aromatic carbocycles. The zero-order valence-corrected chi connectivity index (χ0v) is 11.6. The van der Waals surface area contributed by atoms with E-state index in [-0.39, 0.29) is 18.0 Å². The predicted octanol–water partition coefficient (Wildman–Crippen LogP) is 3.77. The van der Waals surface area contributed by atoms with Gasteiger partial charge >= 0.3 is 0 Å². The summed E-state index contributed by atoms with van der Waals surface area (Å²) in [6.07, 6.45) is 6.20. The maximum atomic E-state index is 11.6. The lowest BCUT2D eigenvalue weighted by Gasteiger charge is -2.25. The van der Waals surface area contributed by atoms with Crippen LogP contribution in [-0.2, 0) is 9.53 Å². The number of benzene rings is 1. The van der Waals surface area contributed by atoms with Crippen LogP contribution in [0.5, 0.6) is 0 Å². The van der Waals surface area contributed by atoms with E-state index in [1.54, 1.807) is 6.08 Å². The number of ether oxygens (including phenoxy) is 1. The number of hydrogen-bond donors (Lipinski definition) is 0. The first kappa shape index (κ1) is 13.2. The summed E-state index contributed by atoms with van der Waals surface area (Å²) in [7, 11) is 0. The van der Waals surface area contributed by atoms with Crippen LogP contribution in [0.1, 0.15) is 18.4 Å². The van der Waals surface area contributed by atoms with Crippen molar-refractivity contribution in [3.05, 3.63) is 53.0 Å². The minimum Gasteiger partial charge on any atom is -0.366 e. The van der Waals surface area contributed by atoms with Gasteiger partial charge in [-0.15, -0.1) is 6.58 Å². The number of hydrogen-bond acceptors (Lipinski definition) is 2. The first-order valence-corrected chi connectivity index (χ1v) is 6.71. The number of carbonyl (C=O) groups excluding carboxylic acids is 1. The zero-order chi connectivity index (χ0) is 13.0. The fraction of sp³-hybridized carbons (Fsp3) is 0.267. The molecule has 0 aromatic heterocycles. The van der Waals surface area contributed by atoms with E-state index in [0.29, 0.717) is 12.8 Å². The average molecular weight is 307 g/mol. The van der Waals surface area contributed by atoms with Gasteiger partial charge in [0.2, 0.25) is 0 Å². The molecule has 0 N–H and O–H groups in total. The summed E-state index contributed by atoms with van der Waals surface area (Å²) in [5.41, 5.74) is 1.08. The van der Waals surface area contributed by atoms with Crippen molar-refractivity contribution >= 4 is 27.8 Å². The molecule has 0 spiro atoms. The van der Waals surface area contributed by atoms with E-state index in [0.717, 1.165) is 10.0 Å². The van der Waals surface area contributed by atoms with E-state index in [4.69, 9.17) is 4.74 Å². The van der Waals surface area contributed by atoms with Crippen LogP contribution in [0.2, 0.25) is 0 Å². The molecule has 2 atom stereocenters. The maximum Gasteiger partial charge on any atom is 0.138 e. The van der Waals surface area contributed by atoms with E-state index < -0.39 is 0 Å². The van der Waals surface area contributed by atoms with Crippen molar-refractivity contribution in [2.75, 3.05) is 0 Å². The molecule has 94 valence electrons. The third-order valence-electron chi connectivity index (χ3n) is 2.87. The molecule has 1 saturated heterocycles. The highest BCUT2D eigenvalue weighted by molar-refractivity contribution is 9.10. The van der Waals surface area contributed by atoms with Crippen LogP contribution in [0.4, 0.5) is 0 Å². The Balaban J connectivity index is 2.07. The molecular weight excluding hydrogens is 292 g/mol. The first-order chi connectivity index (χ1) is 8.69. The van der Waals surface area contributed by atoms with Gasteiger partial charge < -0.3 is 4.74 Å². The minimum absolute atomic E-state index is 0.152. The Kier molecular flexibility index (Phi) is 4.50. The Labute approximate surface area is 115 Å². The maximum absolute atomic E-state index is 11.6. The Hall–Kier alpha value is -1.19. The molecule has 0 radical (unpaired) electrons. The quantitative estimate of drug-likeness (QED) is 0.795. The Morgan fingerprint density at radius 2 is 2.00 bits per heavy atom. The first-order valence-electron chi connectivity index (χ1n) is 5.91. The molecule has 2 rings (SSSR count). The molecule has 0 aliphatic carbocycles. The van der Waals surface area contributed by atoms with Crippen LogP contribution in [-0.4, -0.2) is 18.0 Å². The SMILES string of the molecule is C=C[C@H]1CC(=O)C[C@@H](/C=C/c2ccccc2Br)O1. The predicted molar refractivity (Wildman–Crippen MR) is 76.3 cm³/mol. The van der Waals surface area contributed by atoms with Gasteiger partial charge in [0.05, 0.1) is 12.2 Å². The van der Waals surface area contributed by atoms with E-state index in [1.807, 2.05) is 36.4 Å². The average Bonchev–Trinajstić information content (AvgIpc) is 2.37. The van der Waals surface area contributed by atoms with Crippen molar-refractivity contribution < 1.29 is 9.53 Å². The topological polar surface area (TPSA) is 26.3 Å².